The van der Waals surface area contributed by atoms with Gasteiger partial charge >= 0.3 is 5.97 Å². The van der Waals surface area contributed by atoms with Crippen molar-refractivity contribution in [3.05, 3.63) is 34.2 Å². The fourth-order valence-corrected chi connectivity index (χ4v) is 3.73. The first kappa shape index (κ1) is 24.9. The Labute approximate surface area is 180 Å². The minimum Gasteiger partial charge on any atom is -0.465 e. The second-order valence-electron chi connectivity index (χ2n) is 7.55. The lowest BCUT2D eigenvalue weighted by atomic mass is 9.94. The van der Waals surface area contributed by atoms with E-state index in [4.69, 9.17) is 10.3 Å². The predicted molar refractivity (Wildman–Crippen MR) is 114 cm³/mol. The molecule has 1 fully saturated rings. The minimum absolute atomic E-state index is 0.215. The molecule has 0 amide bonds. The fraction of sp³-hybridized carbons (Fsp3) is 0.650. The molecule has 1 aromatic carbocycles. The Morgan fingerprint density at radius 2 is 2.00 bits per heavy atom. The van der Waals surface area contributed by atoms with Crippen molar-refractivity contribution in [1.82, 2.24) is 4.90 Å². The number of carbonyl (C=O) groups excluding carboxylic acids is 1. The van der Waals surface area contributed by atoms with Gasteiger partial charge in [0.2, 0.25) is 0 Å². The number of aliphatic hydroxyl groups excluding tert-OH is 4. The van der Waals surface area contributed by atoms with Crippen LogP contribution in [0.2, 0.25) is 0 Å². The van der Waals surface area contributed by atoms with E-state index < -0.39 is 30.3 Å². The first-order valence-corrected chi connectivity index (χ1v) is 10.3. The van der Waals surface area contributed by atoms with Crippen molar-refractivity contribution in [3.8, 4) is 0 Å². The summed E-state index contributed by atoms with van der Waals surface area (Å²) in [5, 5.41) is 45.8. The van der Waals surface area contributed by atoms with Crippen LogP contribution in [0.25, 0.3) is 10.4 Å². The normalized spacial score (nSPS) is 23.8. The number of anilines is 1. The number of azide groups is 1. The molecule has 1 aliphatic heterocycles. The Hall–Kier alpha value is -2.40. The lowest BCUT2D eigenvalue weighted by Crippen LogP contribution is -2.62. The number of β-amino-alcohol motifs (C(OH)–C–C–N with tert-alkyl or cyclic N) is 1. The summed E-state index contributed by atoms with van der Waals surface area (Å²) in [5.41, 5.74) is 9.77. The van der Waals surface area contributed by atoms with Gasteiger partial charge in [-0.2, -0.15) is 0 Å². The molecule has 0 unspecified atom stereocenters. The molecule has 172 valence electrons. The quantitative estimate of drug-likeness (QED) is 0.113. The van der Waals surface area contributed by atoms with Crippen LogP contribution in [0.15, 0.2) is 23.3 Å². The second kappa shape index (κ2) is 12.5. The van der Waals surface area contributed by atoms with Crippen LogP contribution in [0.1, 0.15) is 36.0 Å². The number of hydrogen-bond acceptors (Lipinski definition) is 9. The molecule has 11 nitrogen and oxygen atoms in total. The zero-order chi connectivity index (χ0) is 22.8. The first-order chi connectivity index (χ1) is 14.9. The van der Waals surface area contributed by atoms with Gasteiger partial charge in [-0.15, -0.1) is 0 Å². The number of methoxy groups -OCH3 is 1. The molecule has 0 aromatic heterocycles. The third kappa shape index (κ3) is 6.79. The predicted octanol–water partition coefficient (Wildman–Crippen LogP) is 1.15. The van der Waals surface area contributed by atoms with Gasteiger partial charge < -0.3 is 30.5 Å². The number of benzene rings is 1. The molecule has 1 aromatic rings. The summed E-state index contributed by atoms with van der Waals surface area (Å²) in [5.74, 6) is -0.521. The summed E-state index contributed by atoms with van der Waals surface area (Å²) in [6, 6.07) is 4.19. The van der Waals surface area contributed by atoms with E-state index >= 15 is 0 Å². The highest BCUT2D eigenvalue weighted by molar-refractivity contribution is 5.96. The molecule has 4 atom stereocenters. The molecule has 0 bridgehead atoms. The molecular formula is C20H31N5O6. The molecule has 0 radical (unpaired) electrons. The highest BCUT2D eigenvalue weighted by Crippen LogP contribution is 2.24. The van der Waals surface area contributed by atoms with Crippen LogP contribution in [0.3, 0.4) is 0 Å². The Morgan fingerprint density at radius 3 is 2.68 bits per heavy atom. The molecule has 1 saturated heterocycles. The lowest BCUT2D eigenvalue weighted by molar-refractivity contribution is -0.145. The van der Waals surface area contributed by atoms with Crippen LogP contribution in [0.4, 0.5) is 11.4 Å². The number of aliphatic hydroxyl groups is 4. The summed E-state index contributed by atoms with van der Waals surface area (Å²) in [4.78, 5) is 16.5. The van der Waals surface area contributed by atoms with Crippen molar-refractivity contribution in [2.24, 2.45) is 5.11 Å². The van der Waals surface area contributed by atoms with E-state index in [1.54, 1.807) is 12.1 Å². The highest BCUT2D eigenvalue weighted by atomic mass is 16.5. The van der Waals surface area contributed by atoms with Crippen molar-refractivity contribution in [2.75, 3.05) is 38.7 Å². The average molecular weight is 437 g/mol. The number of ether oxygens (including phenoxy) is 1. The Morgan fingerprint density at radius 1 is 1.26 bits per heavy atom. The van der Waals surface area contributed by atoms with Gasteiger partial charge in [0.25, 0.3) is 0 Å². The van der Waals surface area contributed by atoms with E-state index in [0.29, 0.717) is 30.0 Å². The van der Waals surface area contributed by atoms with Gasteiger partial charge in [-0.05, 0) is 37.1 Å². The fourth-order valence-electron chi connectivity index (χ4n) is 3.73. The van der Waals surface area contributed by atoms with E-state index in [1.807, 2.05) is 4.90 Å². The van der Waals surface area contributed by atoms with Crippen LogP contribution in [0, 0.1) is 0 Å². The zero-order valence-electron chi connectivity index (χ0n) is 17.6. The highest BCUT2D eigenvalue weighted by Gasteiger charge is 2.40. The molecule has 1 heterocycles. The molecule has 0 aliphatic carbocycles. The van der Waals surface area contributed by atoms with E-state index in [0.717, 1.165) is 25.7 Å². The molecule has 11 heteroatoms. The van der Waals surface area contributed by atoms with Gasteiger partial charge in [0.1, 0.15) is 12.2 Å². The van der Waals surface area contributed by atoms with Gasteiger partial charge in [0.05, 0.1) is 31.4 Å². The summed E-state index contributed by atoms with van der Waals surface area (Å²) < 4.78 is 4.78. The number of likely N-dealkylation sites (tertiary alicyclic amines) is 1. The smallest absolute Gasteiger partial charge is 0.339 e. The SMILES string of the molecule is COC(=O)c1cc(N=[N+]=[N-])ccc1NCCCCCCN1C[C@H](O)[C@@H](O)[C@H](O)[C@H]1CO. The van der Waals surface area contributed by atoms with Crippen molar-refractivity contribution >= 4 is 17.3 Å². The second-order valence-corrected chi connectivity index (χ2v) is 7.55. The van der Waals surface area contributed by atoms with Crippen LogP contribution >= 0.6 is 0 Å². The number of nitrogens with zero attached hydrogens (tertiary/aromatic N) is 4. The number of rotatable bonds is 11. The number of hydrogen-bond donors (Lipinski definition) is 5. The molecule has 0 saturated carbocycles. The molecule has 1 aliphatic rings. The van der Waals surface area contributed by atoms with Gasteiger partial charge in [-0.3, -0.25) is 4.90 Å². The number of nitrogens with one attached hydrogen (secondary N) is 1. The monoisotopic (exact) mass is 437 g/mol. The zero-order valence-corrected chi connectivity index (χ0v) is 17.6. The Kier molecular flexibility index (Phi) is 9.99. The van der Waals surface area contributed by atoms with Crippen molar-refractivity contribution in [1.29, 1.82) is 0 Å². The van der Waals surface area contributed by atoms with E-state index in [2.05, 4.69) is 15.3 Å². The summed E-state index contributed by atoms with van der Waals surface area (Å²) in [6.45, 7) is 1.17. The van der Waals surface area contributed by atoms with Gasteiger partial charge in [-0.25, -0.2) is 4.79 Å². The van der Waals surface area contributed by atoms with Crippen LogP contribution in [0.5, 0.6) is 0 Å². The van der Waals surface area contributed by atoms with Crippen LogP contribution in [-0.4, -0.2) is 89.0 Å². The molecule has 2 rings (SSSR count). The third-order valence-electron chi connectivity index (χ3n) is 5.47. The number of unbranched alkanes of at least 4 members (excludes halogenated alkanes) is 3. The maximum Gasteiger partial charge on any atom is 0.339 e. The summed E-state index contributed by atoms with van der Waals surface area (Å²) in [6.07, 6.45) is 0.0541. The topological polar surface area (TPSA) is 171 Å². The van der Waals surface area contributed by atoms with Crippen LogP contribution < -0.4 is 5.32 Å². The summed E-state index contributed by atoms with van der Waals surface area (Å²) >= 11 is 0. The largest absolute Gasteiger partial charge is 0.465 e. The maximum absolute atomic E-state index is 12.0. The third-order valence-corrected chi connectivity index (χ3v) is 5.47. The van der Waals surface area contributed by atoms with Crippen molar-refractivity contribution < 1.29 is 30.0 Å². The number of carbonyl (C=O) groups is 1. The number of piperidine rings is 1. The Bertz CT molecular complexity index is 772. The van der Waals surface area contributed by atoms with Gasteiger partial charge in [0, 0.05) is 29.4 Å². The lowest BCUT2D eigenvalue weighted by Gasteiger charge is -2.43. The molecule has 0 spiro atoms. The minimum atomic E-state index is -1.24. The van der Waals surface area contributed by atoms with E-state index in [1.165, 1.54) is 13.2 Å². The van der Waals surface area contributed by atoms with Crippen LogP contribution in [-0.2, 0) is 4.74 Å². The van der Waals surface area contributed by atoms with Crippen molar-refractivity contribution in [3.63, 3.8) is 0 Å². The average Bonchev–Trinajstić information content (AvgIpc) is 2.77. The Balaban J connectivity index is 1.75. The molecular weight excluding hydrogens is 406 g/mol. The summed E-state index contributed by atoms with van der Waals surface area (Å²) in [7, 11) is 1.29. The molecule has 5 N–H and O–H groups in total. The first-order valence-electron chi connectivity index (χ1n) is 10.3. The van der Waals surface area contributed by atoms with Gasteiger partial charge in [-0.1, -0.05) is 24.0 Å². The standard InChI is InChI=1S/C20H31N5O6/c1-31-20(30)14-10-13(23-24-21)6-7-15(14)22-8-4-2-3-5-9-25-11-17(27)19(29)18(28)16(25)12-26/h6-7,10,16-19,22,26-29H,2-5,8-9,11-12H2,1H3/t16-,17+,18-,19-/m1/s1. The molecule has 31 heavy (non-hydrogen) atoms. The maximum atomic E-state index is 12.0. The van der Waals surface area contributed by atoms with E-state index in [-0.39, 0.29) is 13.2 Å². The van der Waals surface area contributed by atoms with Crippen molar-refractivity contribution in [2.45, 2.75) is 50.0 Å². The van der Waals surface area contributed by atoms with E-state index in [9.17, 15) is 25.2 Å². The number of esters is 1. The van der Waals surface area contributed by atoms with Gasteiger partial charge in [0.15, 0.2) is 0 Å².